The van der Waals surface area contributed by atoms with E-state index in [1.165, 1.54) is 37.7 Å². The van der Waals surface area contributed by atoms with Crippen molar-refractivity contribution in [2.75, 3.05) is 0 Å². The van der Waals surface area contributed by atoms with E-state index >= 15 is 0 Å². The topological polar surface area (TPSA) is 9.23 Å². The smallest absolute Gasteiger partial charge is 0.150 e. The third-order valence-corrected chi connectivity index (χ3v) is 8.03. The van der Waals surface area contributed by atoms with E-state index in [1.807, 2.05) is 0 Å². The maximum atomic E-state index is 6.99. The van der Waals surface area contributed by atoms with E-state index < -0.39 is 8.15 Å². The summed E-state index contributed by atoms with van der Waals surface area (Å²) in [6.07, 6.45) is 0. The molecule has 0 N–H and O–H groups in total. The molecule has 0 aliphatic rings. The van der Waals surface area contributed by atoms with Gasteiger partial charge in [-0.05, 0) is 33.2 Å². The van der Waals surface area contributed by atoms with Crippen LogP contribution in [0.5, 0.6) is 5.75 Å². The molecule has 0 atom stereocenters. The fraction of sp³-hybridized carbons (Fsp3) is 0. The summed E-state index contributed by atoms with van der Waals surface area (Å²) >= 11 is 0. The second kappa shape index (κ2) is 9.14. The van der Waals surface area contributed by atoms with Crippen molar-refractivity contribution in [3.8, 4) is 16.9 Å². The monoisotopic (exact) mass is 454 g/mol. The summed E-state index contributed by atoms with van der Waals surface area (Å²) in [4.78, 5) is 0. The zero-order valence-corrected chi connectivity index (χ0v) is 19.5. The van der Waals surface area contributed by atoms with Crippen LogP contribution in [0.3, 0.4) is 0 Å². The van der Waals surface area contributed by atoms with Crippen LogP contribution in [0.4, 0.5) is 0 Å². The maximum absolute atomic E-state index is 6.99. The number of rotatable bonds is 5. The first-order valence-corrected chi connectivity index (χ1v) is 12.7. The number of hydrogen-bond donors (Lipinski definition) is 0. The molecular weight excluding hydrogens is 431 g/mol. The molecule has 0 saturated carbocycles. The average Bonchev–Trinajstić information content (AvgIpc) is 2.92. The molecular formula is C32H23OP. The largest absolute Gasteiger partial charge is 0.464 e. The van der Waals surface area contributed by atoms with E-state index in [-0.39, 0.29) is 0 Å². The predicted octanol–water partition coefficient (Wildman–Crippen LogP) is 8.09. The molecule has 6 aromatic carbocycles. The van der Waals surface area contributed by atoms with E-state index in [0.717, 1.165) is 11.3 Å². The summed E-state index contributed by atoms with van der Waals surface area (Å²) in [6.45, 7) is 0. The van der Waals surface area contributed by atoms with Crippen LogP contribution in [-0.2, 0) is 0 Å². The SMILES string of the molecule is c1ccc(P(Oc2ccc3ccccc3c2-c2cccc3ccccc23)c2ccccc2)cc1. The Morgan fingerprint density at radius 2 is 0.941 bits per heavy atom. The molecule has 0 radical (unpaired) electrons. The van der Waals surface area contributed by atoms with Gasteiger partial charge in [0.15, 0.2) is 8.15 Å². The van der Waals surface area contributed by atoms with E-state index in [9.17, 15) is 0 Å². The highest BCUT2D eigenvalue weighted by molar-refractivity contribution is 7.68. The van der Waals surface area contributed by atoms with E-state index in [1.54, 1.807) is 0 Å². The molecule has 0 aromatic heterocycles. The maximum Gasteiger partial charge on any atom is 0.150 e. The van der Waals surface area contributed by atoms with Gasteiger partial charge in [0.05, 0.1) is 0 Å². The summed E-state index contributed by atoms with van der Waals surface area (Å²) in [5, 5.41) is 7.26. The summed E-state index contributed by atoms with van der Waals surface area (Å²) < 4.78 is 6.99. The lowest BCUT2D eigenvalue weighted by molar-refractivity contribution is 0.633. The van der Waals surface area contributed by atoms with Gasteiger partial charge in [-0.25, -0.2) is 0 Å². The van der Waals surface area contributed by atoms with Gasteiger partial charge in [-0.3, -0.25) is 0 Å². The Hall–Kier alpha value is -3.93. The fourth-order valence-electron chi connectivity index (χ4n) is 4.53. The lowest BCUT2D eigenvalue weighted by Gasteiger charge is -2.23. The molecule has 34 heavy (non-hydrogen) atoms. The third kappa shape index (κ3) is 3.85. The zero-order valence-electron chi connectivity index (χ0n) is 18.6. The van der Waals surface area contributed by atoms with Crippen LogP contribution >= 0.6 is 8.15 Å². The first kappa shape index (κ1) is 20.7. The van der Waals surface area contributed by atoms with E-state index in [4.69, 9.17) is 4.52 Å². The van der Waals surface area contributed by atoms with Crippen LogP contribution in [0.25, 0.3) is 32.7 Å². The van der Waals surface area contributed by atoms with Crippen molar-refractivity contribution in [3.05, 3.63) is 140 Å². The standard InChI is InChI=1S/C32H23OP/c1-3-15-26(16-4-1)34(27-17-5-2-6-18-27)33-31-23-22-25-13-8-10-20-29(25)32(31)30-21-11-14-24-12-7-9-19-28(24)30/h1-23H. The highest BCUT2D eigenvalue weighted by Gasteiger charge is 2.21. The van der Waals surface area contributed by atoms with E-state index in [2.05, 4.69) is 140 Å². The van der Waals surface area contributed by atoms with E-state index in [0.29, 0.717) is 0 Å². The van der Waals surface area contributed by atoms with Gasteiger partial charge >= 0.3 is 0 Å². The zero-order chi connectivity index (χ0) is 22.7. The van der Waals surface area contributed by atoms with Crippen LogP contribution in [0.15, 0.2) is 140 Å². The van der Waals surface area contributed by atoms with Gasteiger partial charge < -0.3 is 4.52 Å². The van der Waals surface area contributed by atoms with Gasteiger partial charge in [0.2, 0.25) is 0 Å². The predicted molar refractivity (Wildman–Crippen MR) is 147 cm³/mol. The Balaban J connectivity index is 1.59. The molecule has 6 rings (SSSR count). The summed E-state index contributed by atoms with van der Waals surface area (Å²) in [5.74, 6) is 0.911. The first-order chi connectivity index (χ1) is 16.9. The van der Waals surface area contributed by atoms with Crippen molar-refractivity contribution < 1.29 is 4.52 Å². The summed E-state index contributed by atoms with van der Waals surface area (Å²) in [6, 6.07) is 49.1. The van der Waals surface area contributed by atoms with Crippen LogP contribution in [0.1, 0.15) is 0 Å². The highest BCUT2D eigenvalue weighted by Crippen LogP contribution is 2.45. The molecule has 0 amide bonds. The fourth-order valence-corrected chi connectivity index (χ4v) is 6.27. The quantitative estimate of drug-likeness (QED) is 0.239. The molecule has 0 bridgehead atoms. The molecule has 0 fully saturated rings. The molecule has 162 valence electrons. The number of hydrogen-bond acceptors (Lipinski definition) is 1. The minimum atomic E-state index is -1.03. The van der Waals surface area contributed by atoms with Crippen LogP contribution in [0.2, 0.25) is 0 Å². The van der Waals surface area contributed by atoms with Crippen molar-refractivity contribution in [2.24, 2.45) is 0 Å². The summed E-state index contributed by atoms with van der Waals surface area (Å²) in [7, 11) is -1.03. The Morgan fingerprint density at radius 1 is 0.412 bits per heavy atom. The normalized spacial score (nSPS) is 11.2. The minimum absolute atomic E-state index is 0.911. The van der Waals surface area contributed by atoms with Crippen LogP contribution in [0, 0.1) is 0 Å². The van der Waals surface area contributed by atoms with Crippen molar-refractivity contribution >= 4 is 40.3 Å². The van der Waals surface area contributed by atoms with Gasteiger partial charge in [0, 0.05) is 16.2 Å². The molecule has 6 aromatic rings. The van der Waals surface area contributed by atoms with Gasteiger partial charge in [-0.1, -0.05) is 133 Å². The van der Waals surface area contributed by atoms with Crippen LogP contribution in [-0.4, -0.2) is 0 Å². The third-order valence-electron chi connectivity index (χ3n) is 6.12. The van der Waals surface area contributed by atoms with Crippen molar-refractivity contribution in [1.29, 1.82) is 0 Å². The average molecular weight is 455 g/mol. The second-order valence-electron chi connectivity index (χ2n) is 8.24. The highest BCUT2D eigenvalue weighted by atomic mass is 31.1. The van der Waals surface area contributed by atoms with Gasteiger partial charge in [-0.15, -0.1) is 0 Å². The van der Waals surface area contributed by atoms with Gasteiger partial charge in [-0.2, -0.15) is 0 Å². The van der Waals surface area contributed by atoms with Crippen molar-refractivity contribution in [3.63, 3.8) is 0 Å². The van der Waals surface area contributed by atoms with Crippen LogP contribution < -0.4 is 15.1 Å². The second-order valence-corrected chi connectivity index (χ2v) is 10.0. The summed E-state index contributed by atoms with van der Waals surface area (Å²) in [5.41, 5.74) is 2.34. The Labute approximate surface area is 201 Å². The molecule has 2 heteroatoms. The lowest BCUT2D eigenvalue weighted by Crippen LogP contribution is -2.15. The molecule has 0 heterocycles. The van der Waals surface area contributed by atoms with Gasteiger partial charge in [0.25, 0.3) is 0 Å². The molecule has 0 unspecified atom stereocenters. The Bertz CT molecular complexity index is 1530. The molecule has 0 saturated heterocycles. The molecule has 0 spiro atoms. The molecule has 1 nitrogen and oxygen atoms in total. The molecule has 0 aliphatic heterocycles. The van der Waals surface area contributed by atoms with Crippen molar-refractivity contribution in [1.82, 2.24) is 0 Å². The van der Waals surface area contributed by atoms with Crippen molar-refractivity contribution in [2.45, 2.75) is 0 Å². The molecule has 0 aliphatic carbocycles. The minimum Gasteiger partial charge on any atom is -0.464 e. The lowest BCUT2D eigenvalue weighted by atomic mass is 9.93. The van der Waals surface area contributed by atoms with Gasteiger partial charge in [0.1, 0.15) is 5.75 Å². The Kier molecular flexibility index (Phi) is 5.55. The number of fused-ring (bicyclic) bond motifs is 2. The first-order valence-electron chi connectivity index (χ1n) is 11.5. The number of benzene rings is 6. The Morgan fingerprint density at radius 3 is 1.62 bits per heavy atom.